The number of aromatic nitrogens is 2. The number of carbonyl (C=O) groups is 1. The maximum Gasteiger partial charge on any atom is 0.323 e. The molecule has 0 aliphatic carbocycles. The van der Waals surface area contributed by atoms with Gasteiger partial charge in [0.15, 0.2) is 0 Å². The summed E-state index contributed by atoms with van der Waals surface area (Å²) >= 11 is 0. The highest BCUT2D eigenvalue weighted by atomic mass is 19.1. The Morgan fingerprint density at radius 1 is 0.862 bits per heavy atom. The summed E-state index contributed by atoms with van der Waals surface area (Å²) in [4.78, 5) is 12.3. The molecule has 3 aromatic carbocycles. The molecule has 1 heterocycles. The van der Waals surface area contributed by atoms with Gasteiger partial charge in [0.25, 0.3) is 0 Å². The number of carbonyl (C=O) groups excluding carboxylic acids is 1. The van der Waals surface area contributed by atoms with E-state index in [1.54, 1.807) is 23.0 Å². The minimum atomic E-state index is -0.849. The van der Waals surface area contributed by atoms with Crippen molar-refractivity contribution in [2.75, 3.05) is 10.6 Å². The van der Waals surface area contributed by atoms with Crippen LogP contribution in [0.3, 0.4) is 0 Å². The lowest BCUT2D eigenvalue weighted by Gasteiger charge is -2.11. The molecular formula is C22H16F2N4O. The van der Waals surface area contributed by atoms with Gasteiger partial charge < -0.3 is 10.6 Å². The molecule has 7 heteroatoms. The van der Waals surface area contributed by atoms with E-state index in [0.29, 0.717) is 11.8 Å². The molecule has 0 aliphatic rings. The maximum atomic E-state index is 13.8. The van der Waals surface area contributed by atoms with Crippen LogP contribution in [-0.4, -0.2) is 15.8 Å². The number of benzene rings is 3. The quantitative estimate of drug-likeness (QED) is 0.486. The van der Waals surface area contributed by atoms with Crippen LogP contribution in [0.4, 0.5) is 25.0 Å². The van der Waals surface area contributed by atoms with E-state index >= 15 is 0 Å². The lowest BCUT2D eigenvalue weighted by molar-refractivity contribution is 0.262. The van der Waals surface area contributed by atoms with Crippen molar-refractivity contribution in [3.63, 3.8) is 0 Å². The SMILES string of the molecule is O=C(Nc1ccc(F)cc1F)Nc1ccccc1-c1cnn(-c2ccccc2)c1. The molecule has 0 radical (unpaired) electrons. The van der Waals surface area contributed by atoms with Crippen molar-refractivity contribution in [2.45, 2.75) is 0 Å². The number of nitrogens with one attached hydrogen (secondary N) is 2. The van der Waals surface area contributed by atoms with E-state index < -0.39 is 17.7 Å². The topological polar surface area (TPSA) is 59.0 Å². The van der Waals surface area contributed by atoms with E-state index in [1.807, 2.05) is 48.7 Å². The molecule has 1 aromatic heterocycles. The van der Waals surface area contributed by atoms with Gasteiger partial charge in [-0.05, 0) is 30.3 Å². The van der Waals surface area contributed by atoms with Crippen molar-refractivity contribution >= 4 is 17.4 Å². The molecular weight excluding hydrogens is 374 g/mol. The summed E-state index contributed by atoms with van der Waals surface area (Å²) in [7, 11) is 0. The third-order valence-electron chi connectivity index (χ3n) is 4.27. The fourth-order valence-electron chi connectivity index (χ4n) is 2.89. The minimum absolute atomic E-state index is 0.113. The smallest absolute Gasteiger partial charge is 0.307 e. The number of hydrogen-bond donors (Lipinski definition) is 2. The molecule has 4 rings (SSSR count). The van der Waals surface area contributed by atoms with Gasteiger partial charge in [0, 0.05) is 23.4 Å². The van der Waals surface area contributed by atoms with Gasteiger partial charge in [-0.15, -0.1) is 0 Å². The van der Waals surface area contributed by atoms with Gasteiger partial charge in [0.1, 0.15) is 11.6 Å². The first-order valence-electron chi connectivity index (χ1n) is 8.83. The second kappa shape index (κ2) is 7.93. The van der Waals surface area contributed by atoms with Gasteiger partial charge >= 0.3 is 6.03 Å². The first kappa shape index (κ1) is 18.4. The van der Waals surface area contributed by atoms with Gasteiger partial charge in [-0.1, -0.05) is 36.4 Å². The van der Waals surface area contributed by atoms with Crippen molar-refractivity contribution in [1.82, 2.24) is 9.78 Å². The summed E-state index contributed by atoms with van der Waals surface area (Å²) in [5.41, 5.74) is 2.88. The second-order valence-electron chi connectivity index (χ2n) is 6.26. The van der Waals surface area contributed by atoms with Crippen molar-refractivity contribution in [1.29, 1.82) is 0 Å². The van der Waals surface area contributed by atoms with Gasteiger partial charge in [-0.2, -0.15) is 5.10 Å². The molecule has 0 fully saturated rings. The molecule has 144 valence electrons. The number of halogens is 2. The molecule has 0 bridgehead atoms. The van der Waals surface area contributed by atoms with Crippen LogP contribution in [0.25, 0.3) is 16.8 Å². The molecule has 0 unspecified atom stereocenters. The van der Waals surface area contributed by atoms with Crippen LogP contribution >= 0.6 is 0 Å². The average molecular weight is 390 g/mol. The Hall–Kier alpha value is -4.00. The lowest BCUT2D eigenvalue weighted by atomic mass is 10.1. The summed E-state index contributed by atoms with van der Waals surface area (Å²) in [6.45, 7) is 0. The molecule has 5 nitrogen and oxygen atoms in total. The number of anilines is 2. The first-order chi connectivity index (χ1) is 14.1. The molecule has 4 aromatic rings. The highest BCUT2D eigenvalue weighted by Gasteiger charge is 2.12. The van der Waals surface area contributed by atoms with E-state index in [4.69, 9.17) is 0 Å². The van der Waals surface area contributed by atoms with Crippen LogP contribution < -0.4 is 10.6 Å². The largest absolute Gasteiger partial charge is 0.323 e. The summed E-state index contributed by atoms with van der Waals surface area (Å²) in [5, 5.41) is 9.46. The highest BCUT2D eigenvalue weighted by molar-refractivity contribution is 6.02. The second-order valence-corrected chi connectivity index (χ2v) is 6.26. The Labute approximate surface area is 165 Å². The van der Waals surface area contributed by atoms with Crippen molar-refractivity contribution < 1.29 is 13.6 Å². The van der Waals surface area contributed by atoms with Crippen molar-refractivity contribution in [3.05, 3.63) is 96.8 Å². The molecule has 2 N–H and O–H groups in total. The maximum absolute atomic E-state index is 13.8. The molecule has 0 saturated carbocycles. The number of rotatable bonds is 4. The third-order valence-corrected chi connectivity index (χ3v) is 4.27. The van der Waals surface area contributed by atoms with Crippen molar-refractivity contribution in [2.24, 2.45) is 0 Å². The Kier molecular flexibility index (Phi) is 5.03. The normalized spacial score (nSPS) is 10.6. The average Bonchev–Trinajstić information content (AvgIpc) is 3.21. The zero-order chi connectivity index (χ0) is 20.2. The molecule has 29 heavy (non-hydrogen) atoms. The van der Waals surface area contributed by atoms with E-state index in [0.717, 1.165) is 22.9 Å². The van der Waals surface area contributed by atoms with Crippen LogP contribution in [0.2, 0.25) is 0 Å². The van der Waals surface area contributed by atoms with Crippen LogP contribution in [0.5, 0.6) is 0 Å². The van der Waals surface area contributed by atoms with E-state index in [-0.39, 0.29) is 5.69 Å². The Morgan fingerprint density at radius 3 is 2.38 bits per heavy atom. The number of nitrogens with zero attached hydrogens (tertiary/aromatic N) is 2. The number of para-hydroxylation sites is 2. The number of urea groups is 1. The van der Waals surface area contributed by atoms with E-state index in [1.165, 1.54) is 6.07 Å². The molecule has 2 amide bonds. The van der Waals surface area contributed by atoms with E-state index in [9.17, 15) is 13.6 Å². The Balaban J connectivity index is 1.56. The predicted octanol–water partition coefficient (Wildman–Crippen LogP) is 5.46. The van der Waals surface area contributed by atoms with Gasteiger partial charge in [0.2, 0.25) is 0 Å². The number of hydrogen-bond acceptors (Lipinski definition) is 2. The number of amides is 2. The summed E-state index contributed by atoms with van der Waals surface area (Å²) in [6, 6.07) is 19.2. The lowest BCUT2D eigenvalue weighted by Crippen LogP contribution is -2.20. The van der Waals surface area contributed by atoms with Gasteiger partial charge in [0.05, 0.1) is 23.3 Å². The fourth-order valence-corrected chi connectivity index (χ4v) is 2.89. The molecule has 0 aliphatic heterocycles. The zero-order valence-electron chi connectivity index (χ0n) is 15.1. The van der Waals surface area contributed by atoms with Gasteiger partial charge in [-0.25, -0.2) is 18.3 Å². The zero-order valence-corrected chi connectivity index (χ0v) is 15.1. The Morgan fingerprint density at radius 2 is 1.59 bits per heavy atom. The summed E-state index contributed by atoms with van der Waals surface area (Å²) in [5.74, 6) is -1.56. The standard InChI is InChI=1S/C22H16F2N4O/c23-16-10-11-21(19(24)12-16)27-22(29)26-20-9-5-4-8-18(20)15-13-25-28(14-15)17-6-2-1-3-7-17/h1-14H,(H2,26,27,29). The van der Waals surface area contributed by atoms with Crippen LogP contribution in [0, 0.1) is 11.6 Å². The minimum Gasteiger partial charge on any atom is -0.307 e. The molecule has 0 spiro atoms. The third kappa shape index (κ3) is 4.14. The monoisotopic (exact) mass is 390 g/mol. The highest BCUT2D eigenvalue weighted by Crippen LogP contribution is 2.28. The van der Waals surface area contributed by atoms with Crippen LogP contribution in [0.1, 0.15) is 0 Å². The Bertz CT molecular complexity index is 1160. The first-order valence-corrected chi connectivity index (χ1v) is 8.83. The molecule has 0 saturated heterocycles. The van der Waals surface area contributed by atoms with Gasteiger partial charge in [-0.3, -0.25) is 0 Å². The van der Waals surface area contributed by atoms with Crippen LogP contribution in [-0.2, 0) is 0 Å². The predicted molar refractivity (Wildman–Crippen MR) is 108 cm³/mol. The van der Waals surface area contributed by atoms with E-state index in [2.05, 4.69) is 15.7 Å². The van der Waals surface area contributed by atoms with Crippen molar-refractivity contribution in [3.8, 4) is 16.8 Å². The summed E-state index contributed by atoms with van der Waals surface area (Å²) < 4.78 is 28.5. The fraction of sp³-hybridized carbons (Fsp3) is 0. The summed E-state index contributed by atoms with van der Waals surface area (Å²) in [6.07, 6.45) is 3.55. The molecule has 0 atom stereocenters. The van der Waals surface area contributed by atoms with Crippen LogP contribution in [0.15, 0.2) is 85.2 Å².